The molecule has 1 N–H and O–H groups in total. The molecule has 0 saturated carbocycles. The number of fused-ring (bicyclic) bond motifs is 3. The molecule has 5 rings (SSSR count). The molecule has 2 atom stereocenters. The molecule has 2 unspecified atom stereocenters. The zero-order valence-corrected chi connectivity index (χ0v) is 16.4. The van der Waals surface area contributed by atoms with Crippen molar-refractivity contribution in [3.63, 3.8) is 0 Å². The average molecular weight is 399 g/mol. The van der Waals surface area contributed by atoms with E-state index < -0.39 is 12.1 Å². The van der Waals surface area contributed by atoms with E-state index in [4.69, 9.17) is 23.7 Å². The molecule has 29 heavy (non-hydrogen) atoms. The fourth-order valence-corrected chi connectivity index (χ4v) is 4.56. The predicted octanol–water partition coefficient (Wildman–Crippen LogP) is 2.58. The molecule has 0 aromatic heterocycles. The second-order valence-corrected chi connectivity index (χ2v) is 7.30. The molecule has 3 aliphatic rings. The van der Waals surface area contributed by atoms with Crippen LogP contribution in [0.3, 0.4) is 0 Å². The van der Waals surface area contributed by atoms with Gasteiger partial charge >= 0.3 is 5.97 Å². The summed E-state index contributed by atoms with van der Waals surface area (Å²) < 4.78 is 28.0. The van der Waals surface area contributed by atoms with Crippen LogP contribution in [0, 0.1) is 0 Å². The summed E-state index contributed by atoms with van der Waals surface area (Å²) in [7, 11) is 5.00. The number of likely N-dealkylation sites (N-methyl/N-ethyl adjacent to an activating group) is 1. The molecule has 0 aliphatic carbocycles. The largest absolute Gasteiger partial charge is 0.504 e. The van der Waals surface area contributed by atoms with Crippen molar-refractivity contribution < 1.29 is 33.6 Å². The molecule has 0 bridgehead atoms. The van der Waals surface area contributed by atoms with Gasteiger partial charge in [0.15, 0.2) is 23.0 Å². The maximum Gasteiger partial charge on any atom is 0.343 e. The van der Waals surface area contributed by atoms with E-state index in [9.17, 15) is 9.90 Å². The normalized spacial score (nSPS) is 22.1. The van der Waals surface area contributed by atoms with Crippen LogP contribution in [-0.2, 0) is 11.2 Å². The molecule has 0 amide bonds. The smallest absolute Gasteiger partial charge is 0.343 e. The van der Waals surface area contributed by atoms with E-state index in [0.29, 0.717) is 22.8 Å². The molecule has 8 heteroatoms. The first-order chi connectivity index (χ1) is 14.0. The highest BCUT2D eigenvalue weighted by molar-refractivity contribution is 5.98. The molecule has 0 fully saturated rings. The van der Waals surface area contributed by atoms with Crippen molar-refractivity contribution in [1.29, 1.82) is 0 Å². The summed E-state index contributed by atoms with van der Waals surface area (Å²) in [5.41, 5.74) is 2.93. The monoisotopic (exact) mass is 399 g/mol. The third-order valence-corrected chi connectivity index (χ3v) is 5.86. The van der Waals surface area contributed by atoms with Crippen LogP contribution >= 0.6 is 0 Å². The Hall–Kier alpha value is -3.13. The van der Waals surface area contributed by atoms with Gasteiger partial charge < -0.3 is 28.8 Å². The first-order valence-corrected chi connectivity index (χ1v) is 9.35. The van der Waals surface area contributed by atoms with Crippen LogP contribution in [0.15, 0.2) is 18.2 Å². The predicted molar refractivity (Wildman–Crippen MR) is 101 cm³/mol. The van der Waals surface area contributed by atoms with Gasteiger partial charge in [-0.25, -0.2) is 4.79 Å². The third-order valence-electron chi connectivity index (χ3n) is 5.86. The zero-order valence-electron chi connectivity index (χ0n) is 16.4. The standard InChI is InChI=1S/C21H21NO7/c1-22-7-6-10-8-13-19(28-9-27-13)20(26-3)14(10)16(22)17-11-4-5-12(23)18(25-2)15(11)21(24)29-17/h4-5,8,16-17,23H,6-7,9H2,1-3H3. The van der Waals surface area contributed by atoms with E-state index in [1.807, 2.05) is 13.1 Å². The second kappa shape index (κ2) is 6.45. The molecule has 2 aromatic carbocycles. The Kier molecular flexibility index (Phi) is 3.99. The van der Waals surface area contributed by atoms with Gasteiger partial charge in [-0.1, -0.05) is 6.07 Å². The number of cyclic esters (lactones) is 1. The number of ether oxygens (including phenoxy) is 5. The number of carbonyl (C=O) groups is 1. The van der Waals surface area contributed by atoms with Crippen molar-refractivity contribution in [2.24, 2.45) is 0 Å². The van der Waals surface area contributed by atoms with E-state index in [-0.39, 0.29) is 29.9 Å². The van der Waals surface area contributed by atoms with Crippen LogP contribution in [0.25, 0.3) is 0 Å². The summed E-state index contributed by atoms with van der Waals surface area (Å²) in [5.74, 6) is 1.35. The molecule has 0 radical (unpaired) electrons. The number of hydrogen-bond acceptors (Lipinski definition) is 8. The van der Waals surface area contributed by atoms with Crippen molar-refractivity contribution in [1.82, 2.24) is 4.90 Å². The van der Waals surface area contributed by atoms with Crippen LogP contribution in [0.5, 0.6) is 28.7 Å². The summed E-state index contributed by atoms with van der Waals surface area (Å²) in [4.78, 5) is 14.8. The minimum Gasteiger partial charge on any atom is -0.504 e. The van der Waals surface area contributed by atoms with Crippen molar-refractivity contribution >= 4 is 5.97 Å². The van der Waals surface area contributed by atoms with Gasteiger partial charge in [0, 0.05) is 17.7 Å². The van der Waals surface area contributed by atoms with Crippen LogP contribution in [0.4, 0.5) is 0 Å². The van der Waals surface area contributed by atoms with Crippen molar-refractivity contribution in [3.05, 3.63) is 40.5 Å². The summed E-state index contributed by atoms with van der Waals surface area (Å²) in [6, 6.07) is 4.93. The second-order valence-electron chi connectivity index (χ2n) is 7.30. The number of hydrogen-bond donors (Lipinski definition) is 1. The molecule has 3 aliphatic heterocycles. The lowest BCUT2D eigenvalue weighted by Gasteiger charge is -2.38. The summed E-state index contributed by atoms with van der Waals surface area (Å²) in [5, 5.41) is 10.1. The van der Waals surface area contributed by atoms with Gasteiger partial charge in [0.05, 0.1) is 20.3 Å². The first-order valence-electron chi connectivity index (χ1n) is 9.35. The van der Waals surface area contributed by atoms with Gasteiger partial charge in [-0.05, 0) is 31.2 Å². The number of benzene rings is 2. The van der Waals surface area contributed by atoms with Gasteiger partial charge in [-0.2, -0.15) is 0 Å². The Morgan fingerprint density at radius 2 is 1.97 bits per heavy atom. The van der Waals surface area contributed by atoms with Gasteiger partial charge in [-0.15, -0.1) is 0 Å². The number of phenols is 1. The molecule has 8 nitrogen and oxygen atoms in total. The number of aromatic hydroxyl groups is 1. The zero-order chi connectivity index (χ0) is 20.3. The fourth-order valence-electron chi connectivity index (χ4n) is 4.56. The Bertz CT molecular complexity index is 1020. The first kappa shape index (κ1) is 17.9. The summed E-state index contributed by atoms with van der Waals surface area (Å²) in [6.45, 7) is 0.923. The number of rotatable bonds is 3. The van der Waals surface area contributed by atoms with Gasteiger partial charge in [-0.3, -0.25) is 4.90 Å². The third kappa shape index (κ3) is 2.45. The minimum absolute atomic E-state index is 0.0952. The maximum absolute atomic E-state index is 12.7. The molecule has 0 spiro atoms. The van der Waals surface area contributed by atoms with E-state index >= 15 is 0 Å². The number of phenolic OH excluding ortho intramolecular Hbond substituents is 1. The van der Waals surface area contributed by atoms with E-state index in [0.717, 1.165) is 24.1 Å². The number of methoxy groups -OCH3 is 2. The van der Waals surface area contributed by atoms with E-state index in [1.165, 1.54) is 13.2 Å². The highest BCUT2D eigenvalue weighted by atomic mass is 16.7. The van der Waals surface area contributed by atoms with E-state index in [1.54, 1.807) is 13.2 Å². The van der Waals surface area contributed by atoms with Gasteiger partial charge in [0.25, 0.3) is 0 Å². The van der Waals surface area contributed by atoms with Crippen LogP contribution < -0.4 is 18.9 Å². The minimum atomic E-state index is -0.578. The summed E-state index contributed by atoms with van der Waals surface area (Å²) in [6.07, 6.45) is 0.229. The van der Waals surface area contributed by atoms with Crippen LogP contribution in [0.2, 0.25) is 0 Å². The fraction of sp³-hybridized carbons (Fsp3) is 0.381. The van der Waals surface area contributed by atoms with Crippen molar-refractivity contribution in [3.8, 4) is 28.7 Å². The Morgan fingerprint density at radius 3 is 2.72 bits per heavy atom. The molecule has 3 heterocycles. The topological polar surface area (TPSA) is 86.7 Å². The lowest BCUT2D eigenvalue weighted by Crippen LogP contribution is -2.36. The quantitative estimate of drug-likeness (QED) is 0.789. The number of nitrogens with zero attached hydrogens (tertiary/aromatic N) is 1. The number of esters is 1. The molecule has 0 saturated heterocycles. The highest BCUT2D eigenvalue weighted by Gasteiger charge is 2.46. The van der Waals surface area contributed by atoms with Gasteiger partial charge in [0.2, 0.25) is 12.5 Å². The Balaban J connectivity index is 1.70. The Morgan fingerprint density at radius 1 is 1.17 bits per heavy atom. The lowest BCUT2D eigenvalue weighted by atomic mass is 9.85. The molecular weight excluding hydrogens is 378 g/mol. The van der Waals surface area contributed by atoms with E-state index in [2.05, 4.69) is 4.90 Å². The molecule has 152 valence electrons. The number of carbonyl (C=O) groups excluding carboxylic acids is 1. The highest BCUT2D eigenvalue weighted by Crippen LogP contribution is 2.55. The van der Waals surface area contributed by atoms with Crippen molar-refractivity contribution in [2.45, 2.75) is 18.6 Å². The average Bonchev–Trinajstić information content (AvgIpc) is 3.31. The van der Waals surface area contributed by atoms with Crippen molar-refractivity contribution in [2.75, 3.05) is 34.6 Å². The Labute approximate surface area is 167 Å². The maximum atomic E-state index is 12.7. The molecule has 2 aromatic rings. The molecular formula is C21H21NO7. The lowest BCUT2D eigenvalue weighted by molar-refractivity contribution is 0.00874. The van der Waals surface area contributed by atoms with Crippen LogP contribution in [-0.4, -0.2) is 50.6 Å². The summed E-state index contributed by atoms with van der Waals surface area (Å²) >= 11 is 0. The van der Waals surface area contributed by atoms with Gasteiger partial charge in [0.1, 0.15) is 11.7 Å². The van der Waals surface area contributed by atoms with Crippen LogP contribution in [0.1, 0.15) is 39.2 Å². The SMILES string of the molecule is COc1c(O)ccc2c1C(=O)OC2C1c2c(cc3c(c2OC)OCO3)CCN1C.